The van der Waals surface area contributed by atoms with Crippen LogP contribution >= 0.6 is 11.8 Å². The summed E-state index contributed by atoms with van der Waals surface area (Å²) >= 11 is 1.70. The summed E-state index contributed by atoms with van der Waals surface area (Å²) in [5, 5.41) is 10.6. The Kier molecular flexibility index (Phi) is 3.04. The maximum absolute atomic E-state index is 9.19. The van der Waals surface area contributed by atoms with E-state index in [2.05, 4.69) is 6.07 Å². The van der Waals surface area contributed by atoms with E-state index in [-0.39, 0.29) is 0 Å². The molecular weight excluding hydrogens is 232 g/mol. The van der Waals surface area contributed by atoms with Crippen molar-refractivity contribution in [1.82, 2.24) is 4.98 Å². The summed E-state index contributed by atoms with van der Waals surface area (Å²) in [6.07, 6.45) is 4.59. The van der Waals surface area contributed by atoms with Crippen molar-refractivity contribution in [1.29, 1.82) is 5.26 Å². The van der Waals surface area contributed by atoms with E-state index in [1.54, 1.807) is 11.8 Å². The third-order valence-corrected chi connectivity index (χ3v) is 4.41. The van der Waals surface area contributed by atoms with Crippen molar-refractivity contribution < 1.29 is 4.74 Å². The van der Waals surface area contributed by atoms with Crippen LogP contribution in [0.5, 0.6) is 0 Å². The Bertz CT molecular complexity index is 477. The summed E-state index contributed by atoms with van der Waals surface area (Å²) in [6, 6.07) is 4.32. The normalized spacial score (nSPS) is 19.2. The lowest BCUT2D eigenvalue weighted by molar-refractivity contribution is 0.0454. The molecule has 0 atom stereocenters. The summed E-state index contributed by atoms with van der Waals surface area (Å²) in [5.74, 6) is 0. The molecule has 0 N–H and O–H groups in total. The van der Waals surface area contributed by atoms with E-state index in [0.717, 1.165) is 36.6 Å². The van der Waals surface area contributed by atoms with Gasteiger partial charge in [0.2, 0.25) is 0 Å². The molecule has 2 heterocycles. The van der Waals surface area contributed by atoms with Gasteiger partial charge in [-0.15, -0.1) is 0 Å². The van der Waals surface area contributed by atoms with Crippen LogP contribution in [0.15, 0.2) is 11.1 Å². The number of hydrogen-bond donors (Lipinski definition) is 0. The number of hydrogen-bond acceptors (Lipinski definition) is 4. The Hall–Kier alpha value is -1.05. The molecule has 17 heavy (non-hydrogen) atoms. The molecule has 1 aromatic rings. The first-order valence-electron chi connectivity index (χ1n) is 6.04. The Morgan fingerprint density at radius 2 is 2.18 bits per heavy atom. The maximum atomic E-state index is 9.19. The molecule has 4 heteroatoms. The summed E-state index contributed by atoms with van der Waals surface area (Å²) in [4.78, 5) is 4.69. The number of nitrogens with zero attached hydrogens (tertiary/aromatic N) is 2. The molecule has 1 aliphatic carbocycles. The lowest BCUT2D eigenvalue weighted by Crippen LogP contribution is -2.30. The van der Waals surface area contributed by atoms with Crippen LogP contribution in [0.2, 0.25) is 0 Å². The molecule has 0 amide bonds. The van der Waals surface area contributed by atoms with E-state index in [0.29, 0.717) is 5.25 Å². The Morgan fingerprint density at radius 3 is 2.88 bits per heavy atom. The minimum Gasteiger partial charge on any atom is -0.379 e. The van der Waals surface area contributed by atoms with E-state index in [9.17, 15) is 5.26 Å². The molecule has 0 radical (unpaired) electrons. The molecule has 2 aliphatic rings. The summed E-state index contributed by atoms with van der Waals surface area (Å²) in [5.41, 5.74) is 3.22. The zero-order chi connectivity index (χ0) is 11.7. The summed E-state index contributed by atoms with van der Waals surface area (Å²) in [7, 11) is 0. The van der Waals surface area contributed by atoms with E-state index in [1.807, 2.05) is 6.07 Å². The van der Waals surface area contributed by atoms with Crippen LogP contribution in [-0.4, -0.2) is 23.4 Å². The first-order chi connectivity index (χ1) is 8.36. The number of fused-ring (bicyclic) bond motifs is 1. The molecule has 1 fully saturated rings. The average molecular weight is 246 g/mol. The van der Waals surface area contributed by atoms with E-state index < -0.39 is 0 Å². The van der Waals surface area contributed by atoms with Gasteiger partial charge in [0.25, 0.3) is 0 Å². The van der Waals surface area contributed by atoms with Gasteiger partial charge in [-0.25, -0.2) is 4.98 Å². The van der Waals surface area contributed by atoms with E-state index >= 15 is 0 Å². The van der Waals surface area contributed by atoms with Gasteiger partial charge in [0, 0.05) is 5.69 Å². The van der Waals surface area contributed by atoms with E-state index in [1.165, 1.54) is 24.1 Å². The van der Waals surface area contributed by atoms with Crippen LogP contribution in [0.25, 0.3) is 0 Å². The third-order valence-electron chi connectivity index (χ3n) is 3.27. The fraction of sp³-hybridized carbons (Fsp3) is 0.538. The topological polar surface area (TPSA) is 45.9 Å². The minimum atomic E-state index is 0.483. The molecule has 3 nitrogen and oxygen atoms in total. The van der Waals surface area contributed by atoms with Gasteiger partial charge in [0.05, 0.1) is 24.0 Å². The van der Waals surface area contributed by atoms with E-state index in [4.69, 9.17) is 9.72 Å². The van der Waals surface area contributed by atoms with Gasteiger partial charge in [0.15, 0.2) is 0 Å². The van der Waals surface area contributed by atoms with Crippen molar-refractivity contribution in [3.05, 3.63) is 22.9 Å². The second kappa shape index (κ2) is 4.67. The molecule has 0 unspecified atom stereocenters. The van der Waals surface area contributed by atoms with Crippen molar-refractivity contribution >= 4 is 11.8 Å². The molecule has 3 rings (SSSR count). The van der Waals surface area contributed by atoms with Crippen molar-refractivity contribution in [2.24, 2.45) is 0 Å². The molecule has 1 aliphatic heterocycles. The lowest BCUT2D eigenvalue weighted by Gasteiger charge is -2.25. The number of nitriles is 1. The second-order valence-electron chi connectivity index (χ2n) is 4.54. The van der Waals surface area contributed by atoms with Gasteiger partial charge in [-0.3, -0.25) is 0 Å². The zero-order valence-electron chi connectivity index (χ0n) is 9.61. The quantitative estimate of drug-likeness (QED) is 0.803. The highest BCUT2D eigenvalue weighted by Crippen LogP contribution is 2.31. The fourth-order valence-electron chi connectivity index (χ4n) is 2.22. The molecule has 0 bridgehead atoms. The standard InChI is InChI=1S/C13H14N2OS/c14-6-10-5-9-3-1-2-4-12(9)15-13(10)17-11-7-16-8-11/h5,11H,1-4,7-8H2. The first-order valence-corrected chi connectivity index (χ1v) is 6.92. The van der Waals surface area contributed by atoms with Crippen molar-refractivity contribution in [3.8, 4) is 6.07 Å². The highest BCUT2D eigenvalue weighted by molar-refractivity contribution is 8.00. The Balaban J connectivity index is 1.92. The molecule has 1 aromatic heterocycles. The van der Waals surface area contributed by atoms with Crippen LogP contribution in [-0.2, 0) is 17.6 Å². The third kappa shape index (κ3) is 2.18. The number of thioether (sulfide) groups is 1. The van der Waals surface area contributed by atoms with Gasteiger partial charge < -0.3 is 4.74 Å². The summed E-state index contributed by atoms with van der Waals surface area (Å²) in [6.45, 7) is 1.57. The van der Waals surface area contributed by atoms with Gasteiger partial charge in [0.1, 0.15) is 11.1 Å². The fourth-order valence-corrected chi connectivity index (χ4v) is 3.26. The number of ether oxygens (including phenoxy) is 1. The number of aryl methyl sites for hydroxylation is 2. The highest BCUT2D eigenvalue weighted by atomic mass is 32.2. The molecule has 1 saturated heterocycles. The molecule has 0 aromatic carbocycles. The minimum absolute atomic E-state index is 0.483. The second-order valence-corrected chi connectivity index (χ2v) is 5.83. The van der Waals surface area contributed by atoms with Crippen LogP contribution in [0.1, 0.15) is 29.7 Å². The predicted octanol–water partition coefficient (Wildman–Crippen LogP) is 2.32. The van der Waals surface area contributed by atoms with Gasteiger partial charge in [-0.05, 0) is 37.3 Å². The predicted molar refractivity (Wildman–Crippen MR) is 66.1 cm³/mol. The monoisotopic (exact) mass is 246 g/mol. The van der Waals surface area contributed by atoms with Gasteiger partial charge in [-0.1, -0.05) is 11.8 Å². The molecule has 0 spiro atoms. The van der Waals surface area contributed by atoms with Gasteiger partial charge >= 0.3 is 0 Å². The number of rotatable bonds is 2. The van der Waals surface area contributed by atoms with Crippen molar-refractivity contribution in [2.75, 3.05) is 13.2 Å². The van der Waals surface area contributed by atoms with Gasteiger partial charge in [-0.2, -0.15) is 5.26 Å². The van der Waals surface area contributed by atoms with Crippen molar-refractivity contribution in [3.63, 3.8) is 0 Å². The smallest absolute Gasteiger partial charge is 0.115 e. The van der Waals surface area contributed by atoms with Crippen LogP contribution < -0.4 is 0 Å². The number of aromatic nitrogens is 1. The lowest BCUT2D eigenvalue weighted by atomic mass is 9.95. The van der Waals surface area contributed by atoms with Crippen molar-refractivity contribution in [2.45, 2.75) is 36.0 Å². The molecule has 88 valence electrons. The first kappa shape index (κ1) is 11.1. The van der Waals surface area contributed by atoms with Crippen LogP contribution in [0.3, 0.4) is 0 Å². The maximum Gasteiger partial charge on any atom is 0.115 e. The average Bonchev–Trinajstić information content (AvgIpc) is 2.32. The molecule has 0 saturated carbocycles. The van der Waals surface area contributed by atoms with Crippen LogP contribution in [0.4, 0.5) is 0 Å². The molecular formula is C13H14N2OS. The zero-order valence-corrected chi connectivity index (χ0v) is 10.4. The Morgan fingerprint density at radius 1 is 1.35 bits per heavy atom. The largest absolute Gasteiger partial charge is 0.379 e. The summed E-state index contributed by atoms with van der Waals surface area (Å²) < 4.78 is 5.16. The van der Waals surface area contributed by atoms with Crippen LogP contribution in [0, 0.1) is 11.3 Å². The highest BCUT2D eigenvalue weighted by Gasteiger charge is 2.23. The Labute approximate surface area is 105 Å². The SMILES string of the molecule is N#Cc1cc2c(nc1SC1COC1)CCCC2. The number of pyridine rings is 1.